The lowest BCUT2D eigenvalue weighted by Crippen LogP contribution is -2.14. The number of thiophene rings is 1. The average Bonchev–Trinajstić information content (AvgIpc) is 3.43. The van der Waals surface area contributed by atoms with Gasteiger partial charge in [0.1, 0.15) is 11.1 Å². The van der Waals surface area contributed by atoms with E-state index in [9.17, 15) is 10.1 Å². The molecule has 0 saturated carbocycles. The fourth-order valence-electron chi connectivity index (χ4n) is 3.52. The second-order valence-electron chi connectivity index (χ2n) is 6.90. The Morgan fingerprint density at radius 2 is 2.27 bits per heavy atom. The van der Waals surface area contributed by atoms with E-state index in [1.165, 1.54) is 23.1 Å². The van der Waals surface area contributed by atoms with Crippen molar-refractivity contribution in [2.24, 2.45) is 0 Å². The Morgan fingerprint density at radius 1 is 1.40 bits per heavy atom. The van der Waals surface area contributed by atoms with Crippen molar-refractivity contribution >= 4 is 34.0 Å². The maximum Gasteiger partial charge on any atom is 0.235 e. The normalized spacial score (nSPS) is 13.3. The highest BCUT2D eigenvalue weighted by atomic mass is 32.2. The van der Waals surface area contributed by atoms with Crippen molar-refractivity contribution in [1.82, 2.24) is 14.8 Å². The molecule has 0 bridgehead atoms. The smallest absolute Gasteiger partial charge is 0.235 e. The molecular weight excluding hydrogens is 418 g/mol. The summed E-state index contributed by atoms with van der Waals surface area (Å²) in [7, 11) is 0. The SMILES string of the molecule is C=CCn1c(SCC(=O)Nc2sc3c(c2C#N)CCCCC3)nnc1-c1ccco1. The van der Waals surface area contributed by atoms with E-state index in [2.05, 4.69) is 28.2 Å². The minimum Gasteiger partial charge on any atom is -0.461 e. The molecular formula is C21H21N5O2S2. The van der Waals surface area contributed by atoms with Crippen LogP contribution in [0.15, 0.2) is 40.6 Å². The number of nitriles is 1. The van der Waals surface area contributed by atoms with Gasteiger partial charge >= 0.3 is 0 Å². The Bertz CT molecular complexity index is 1090. The first-order valence-corrected chi connectivity index (χ1v) is 11.6. The average molecular weight is 440 g/mol. The number of hydrogen-bond donors (Lipinski definition) is 1. The van der Waals surface area contributed by atoms with E-state index in [1.807, 2.05) is 10.6 Å². The van der Waals surface area contributed by atoms with Gasteiger partial charge in [-0.05, 0) is 43.4 Å². The molecule has 3 aromatic rings. The minimum absolute atomic E-state index is 0.166. The van der Waals surface area contributed by atoms with Gasteiger partial charge in [-0.2, -0.15) is 5.26 Å². The quantitative estimate of drug-likeness (QED) is 0.327. The fraction of sp³-hybridized carbons (Fsp3) is 0.333. The molecule has 1 aliphatic rings. The number of anilines is 1. The van der Waals surface area contributed by atoms with Crippen LogP contribution in [0.1, 0.15) is 35.3 Å². The number of furan rings is 1. The molecule has 0 spiro atoms. The molecule has 0 aromatic carbocycles. The summed E-state index contributed by atoms with van der Waals surface area (Å²) in [6.07, 6.45) is 8.65. The second kappa shape index (κ2) is 9.32. The number of allylic oxidation sites excluding steroid dienone is 1. The molecule has 7 nitrogen and oxygen atoms in total. The summed E-state index contributed by atoms with van der Waals surface area (Å²) < 4.78 is 7.28. The molecule has 0 saturated heterocycles. The number of amides is 1. The van der Waals surface area contributed by atoms with E-state index in [1.54, 1.807) is 29.7 Å². The van der Waals surface area contributed by atoms with Gasteiger partial charge in [0.25, 0.3) is 0 Å². The Kier molecular flexibility index (Phi) is 6.35. The Hall–Kier alpha value is -2.83. The van der Waals surface area contributed by atoms with Gasteiger partial charge in [0.05, 0.1) is 17.6 Å². The van der Waals surface area contributed by atoms with Gasteiger partial charge in [-0.1, -0.05) is 24.3 Å². The number of nitrogens with zero attached hydrogens (tertiary/aromatic N) is 4. The van der Waals surface area contributed by atoms with Gasteiger partial charge < -0.3 is 9.73 Å². The standard InChI is InChI=1S/C21H21N5O2S2/c1-2-10-26-19(16-8-6-11-28-16)24-25-21(26)29-13-18(27)23-20-15(12-22)14-7-4-3-5-9-17(14)30-20/h2,6,8,11H,1,3-5,7,9-10,13H2,(H,23,27). The number of nitrogens with one attached hydrogen (secondary N) is 1. The largest absolute Gasteiger partial charge is 0.461 e. The first-order valence-electron chi connectivity index (χ1n) is 9.76. The highest BCUT2D eigenvalue weighted by molar-refractivity contribution is 7.99. The molecule has 154 valence electrons. The molecule has 1 N–H and O–H groups in total. The molecule has 4 rings (SSSR count). The fourth-order valence-corrected chi connectivity index (χ4v) is 5.52. The first kappa shape index (κ1) is 20.4. The van der Waals surface area contributed by atoms with Gasteiger partial charge in [-0.15, -0.1) is 28.1 Å². The molecule has 9 heteroatoms. The maximum absolute atomic E-state index is 12.6. The van der Waals surface area contributed by atoms with Crippen LogP contribution in [0.5, 0.6) is 0 Å². The van der Waals surface area contributed by atoms with E-state index >= 15 is 0 Å². The van der Waals surface area contributed by atoms with Crippen LogP contribution in [0.4, 0.5) is 5.00 Å². The van der Waals surface area contributed by atoms with Crippen LogP contribution in [0.3, 0.4) is 0 Å². The molecule has 0 atom stereocenters. The highest BCUT2D eigenvalue weighted by Crippen LogP contribution is 2.37. The summed E-state index contributed by atoms with van der Waals surface area (Å²) in [6.45, 7) is 4.29. The molecule has 0 aliphatic heterocycles. The number of fused-ring (bicyclic) bond motifs is 1. The molecule has 30 heavy (non-hydrogen) atoms. The Balaban J connectivity index is 1.46. The molecule has 0 unspecified atom stereocenters. The van der Waals surface area contributed by atoms with Crippen molar-refractivity contribution in [3.8, 4) is 17.7 Å². The lowest BCUT2D eigenvalue weighted by Gasteiger charge is -2.07. The number of carbonyl (C=O) groups excluding carboxylic acids is 1. The van der Waals surface area contributed by atoms with Crippen molar-refractivity contribution in [1.29, 1.82) is 5.26 Å². The lowest BCUT2D eigenvalue weighted by atomic mass is 10.1. The van der Waals surface area contributed by atoms with Crippen molar-refractivity contribution < 1.29 is 9.21 Å². The third kappa shape index (κ3) is 4.20. The van der Waals surface area contributed by atoms with Crippen molar-refractivity contribution in [2.75, 3.05) is 11.1 Å². The predicted molar refractivity (Wildman–Crippen MR) is 118 cm³/mol. The van der Waals surface area contributed by atoms with Gasteiger partial charge in [-0.25, -0.2) is 0 Å². The molecule has 1 aliphatic carbocycles. The van der Waals surface area contributed by atoms with E-state index in [4.69, 9.17) is 4.42 Å². The summed E-state index contributed by atoms with van der Waals surface area (Å²) in [5, 5.41) is 22.2. The van der Waals surface area contributed by atoms with Crippen molar-refractivity contribution in [3.05, 3.63) is 47.1 Å². The van der Waals surface area contributed by atoms with Gasteiger partial charge in [0, 0.05) is 11.4 Å². The zero-order valence-corrected chi connectivity index (χ0v) is 18.0. The third-order valence-electron chi connectivity index (χ3n) is 4.89. The summed E-state index contributed by atoms with van der Waals surface area (Å²) in [4.78, 5) is 13.8. The molecule has 1 amide bonds. The topological polar surface area (TPSA) is 96.7 Å². The van der Waals surface area contributed by atoms with E-state index in [-0.39, 0.29) is 11.7 Å². The van der Waals surface area contributed by atoms with E-state index in [0.29, 0.717) is 33.9 Å². The predicted octanol–water partition coefficient (Wildman–Crippen LogP) is 4.66. The monoisotopic (exact) mass is 439 g/mol. The molecule has 0 radical (unpaired) electrons. The van der Waals surface area contributed by atoms with Crippen molar-refractivity contribution in [2.45, 2.75) is 43.8 Å². The summed E-state index contributed by atoms with van der Waals surface area (Å²) in [5.41, 5.74) is 1.75. The summed E-state index contributed by atoms with van der Waals surface area (Å²) in [5.74, 6) is 1.21. The minimum atomic E-state index is -0.166. The van der Waals surface area contributed by atoms with Crippen LogP contribution in [-0.2, 0) is 24.2 Å². The van der Waals surface area contributed by atoms with Crippen LogP contribution in [0.2, 0.25) is 0 Å². The number of aromatic nitrogens is 3. The zero-order valence-electron chi connectivity index (χ0n) is 16.4. The van der Waals surface area contributed by atoms with E-state index in [0.717, 1.165) is 31.2 Å². The number of hydrogen-bond acceptors (Lipinski definition) is 7. The van der Waals surface area contributed by atoms with Crippen LogP contribution >= 0.6 is 23.1 Å². The number of rotatable bonds is 7. The lowest BCUT2D eigenvalue weighted by molar-refractivity contribution is -0.113. The van der Waals surface area contributed by atoms with Gasteiger partial charge in [-0.3, -0.25) is 9.36 Å². The van der Waals surface area contributed by atoms with Crippen LogP contribution in [-0.4, -0.2) is 26.4 Å². The second-order valence-corrected chi connectivity index (χ2v) is 8.95. The first-order chi connectivity index (χ1) is 14.7. The van der Waals surface area contributed by atoms with Crippen LogP contribution in [0, 0.1) is 11.3 Å². The van der Waals surface area contributed by atoms with Crippen LogP contribution in [0.25, 0.3) is 11.6 Å². The number of thioether (sulfide) groups is 1. The van der Waals surface area contributed by atoms with Crippen molar-refractivity contribution in [3.63, 3.8) is 0 Å². The Morgan fingerprint density at radius 3 is 3.03 bits per heavy atom. The van der Waals surface area contributed by atoms with Gasteiger partial charge in [0.2, 0.25) is 11.7 Å². The third-order valence-corrected chi connectivity index (χ3v) is 7.06. The molecule has 3 aromatic heterocycles. The number of carbonyl (C=O) groups is 1. The van der Waals surface area contributed by atoms with Crippen LogP contribution < -0.4 is 5.32 Å². The molecule has 3 heterocycles. The highest BCUT2D eigenvalue weighted by Gasteiger charge is 2.22. The summed E-state index contributed by atoms with van der Waals surface area (Å²) in [6, 6.07) is 5.90. The molecule has 0 fully saturated rings. The zero-order chi connectivity index (χ0) is 20.9. The Labute approximate surface area is 182 Å². The number of aryl methyl sites for hydroxylation is 1. The maximum atomic E-state index is 12.6. The van der Waals surface area contributed by atoms with E-state index < -0.39 is 0 Å². The summed E-state index contributed by atoms with van der Waals surface area (Å²) >= 11 is 2.83. The van der Waals surface area contributed by atoms with Gasteiger partial charge in [0.15, 0.2) is 10.9 Å².